The maximum atomic E-state index is 10.3. The minimum atomic E-state index is -1.13. The van der Waals surface area contributed by atoms with Crippen molar-refractivity contribution in [3.05, 3.63) is 29.8 Å². The fourth-order valence-corrected chi connectivity index (χ4v) is 1.20. The van der Waals surface area contributed by atoms with Crippen LogP contribution in [0, 0.1) is 0 Å². The van der Waals surface area contributed by atoms with E-state index in [0.717, 1.165) is 0 Å². The molecular formula is C10H13NO4. The van der Waals surface area contributed by atoms with Crippen LogP contribution >= 0.6 is 0 Å². The molecule has 82 valence electrons. The van der Waals surface area contributed by atoms with Crippen molar-refractivity contribution in [2.45, 2.75) is 12.5 Å². The van der Waals surface area contributed by atoms with Crippen molar-refractivity contribution in [2.24, 2.45) is 0 Å². The molecule has 4 N–H and O–H groups in total. The number of aliphatic hydroxyl groups is 2. The monoisotopic (exact) mass is 211 g/mol. The molecule has 1 rings (SSSR count). The first-order valence-electron chi connectivity index (χ1n) is 4.52. The van der Waals surface area contributed by atoms with E-state index in [-0.39, 0.29) is 13.0 Å². The van der Waals surface area contributed by atoms with Gasteiger partial charge in [0.1, 0.15) is 0 Å². The first-order valence-corrected chi connectivity index (χ1v) is 4.52. The van der Waals surface area contributed by atoms with E-state index >= 15 is 0 Å². The Morgan fingerprint density at radius 1 is 1.33 bits per heavy atom. The number of aliphatic hydroxyl groups excluding tert-OH is 2. The standard InChI is InChI=1S/C10H13NO4/c12-6-5-9(13)7-1-3-8(4-2-7)11-10(14)15/h1-4,9,11-13H,5-6H2,(H,14,15). The number of nitrogens with one attached hydrogen (secondary N) is 1. The number of hydrogen-bond acceptors (Lipinski definition) is 3. The van der Waals surface area contributed by atoms with Gasteiger partial charge in [-0.1, -0.05) is 12.1 Å². The van der Waals surface area contributed by atoms with Crippen LogP contribution < -0.4 is 5.32 Å². The Hall–Kier alpha value is -1.59. The minimum Gasteiger partial charge on any atom is -0.465 e. The highest BCUT2D eigenvalue weighted by atomic mass is 16.4. The molecule has 5 nitrogen and oxygen atoms in total. The summed E-state index contributed by atoms with van der Waals surface area (Å²) in [5.41, 5.74) is 1.10. The van der Waals surface area contributed by atoms with E-state index in [1.165, 1.54) is 0 Å². The molecule has 0 saturated carbocycles. The molecule has 0 fully saturated rings. The van der Waals surface area contributed by atoms with E-state index in [1.54, 1.807) is 24.3 Å². The Kier molecular flexibility index (Phi) is 4.08. The minimum absolute atomic E-state index is 0.0870. The second-order valence-corrected chi connectivity index (χ2v) is 3.08. The van der Waals surface area contributed by atoms with Gasteiger partial charge in [-0.05, 0) is 17.7 Å². The molecular weight excluding hydrogens is 198 g/mol. The lowest BCUT2D eigenvalue weighted by molar-refractivity contribution is 0.134. The summed E-state index contributed by atoms with van der Waals surface area (Å²) in [5.74, 6) is 0. The predicted octanol–water partition coefficient (Wildman–Crippen LogP) is 1.19. The van der Waals surface area contributed by atoms with E-state index in [1.807, 2.05) is 0 Å². The molecule has 0 aliphatic rings. The lowest BCUT2D eigenvalue weighted by Crippen LogP contribution is -2.07. The van der Waals surface area contributed by atoms with Crippen molar-refractivity contribution in [3.63, 3.8) is 0 Å². The molecule has 5 heteroatoms. The van der Waals surface area contributed by atoms with Crippen LogP contribution in [0.5, 0.6) is 0 Å². The number of amides is 1. The van der Waals surface area contributed by atoms with Crippen LogP contribution in [0.4, 0.5) is 10.5 Å². The van der Waals surface area contributed by atoms with Crippen LogP contribution in [0.15, 0.2) is 24.3 Å². The molecule has 1 aromatic carbocycles. The van der Waals surface area contributed by atoms with Gasteiger partial charge in [-0.3, -0.25) is 5.32 Å². The SMILES string of the molecule is O=C(O)Nc1ccc(C(O)CCO)cc1. The van der Waals surface area contributed by atoms with Crippen molar-refractivity contribution in [1.82, 2.24) is 0 Å². The fourth-order valence-electron chi connectivity index (χ4n) is 1.20. The summed E-state index contributed by atoms with van der Waals surface area (Å²) in [6, 6.07) is 6.35. The number of carboxylic acid groups (broad SMARTS) is 1. The molecule has 15 heavy (non-hydrogen) atoms. The Bertz CT molecular complexity index is 323. The number of rotatable bonds is 4. The van der Waals surface area contributed by atoms with Crippen LogP contribution in [0.25, 0.3) is 0 Å². The van der Waals surface area contributed by atoms with E-state index < -0.39 is 12.2 Å². The third-order valence-electron chi connectivity index (χ3n) is 1.95. The molecule has 0 spiro atoms. The van der Waals surface area contributed by atoms with Crippen molar-refractivity contribution in [2.75, 3.05) is 11.9 Å². The lowest BCUT2D eigenvalue weighted by atomic mass is 10.1. The molecule has 0 aliphatic carbocycles. The van der Waals surface area contributed by atoms with Crippen LogP contribution in [-0.4, -0.2) is 28.0 Å². The molecule has 1 aromatic rings. The average molecular weight is 211 g/mol. The maximum absolute atomic E-state index is 10.3. The normalized spacial score (nSPS) is 12.1. The topological polar surface area (TPSA) is 89.8 Å². The number of benzene rings is 1. The summed E-state index contributed by atoms with van der Waals surface area (Å²) in [7, 11) is 0. The lowest BCUT2D eigenvalue weighted by Gasteiger charge is -2.09. The van der Waals surface area contributed by atoms with Gasteiger partial charge in [0.25, 0.3) is 0 Å². The van der Waals surface area contributed by atoms with Crippen molar-refractivity contribution in [1.29, 1.82) is 0 Å². The van der Waals surface area contributed by atoms with Crippen LogP contribution in [0.1, 0.15) is 18.1 Å². The summed E-state index contributed by atoms with van der Waals surface area (Å²) in [6.07, 6.45) is -1.57. The Morgan fingerprint density at radius 2 is 1.93 bits per heavy atom. The summed E-state index contributed by atoms with van der Waals surface area (Å²) in [6.45, 7) is -0.0870. The van der Waals surface area contributed by atoms with E-state index in [9.17, 15) is 9.90 Å². The molecule has 0 radical (unpaired) electrons. The van der Waals surface area contributed by atoms with Gasteiger partial charge in [0.05, 0.1) is 6.10 Å². The molecule has 1 atom stereocenters. The molecule has 0 heterocycles. The van der Waals surface area contributed by atoms with Crippen LogP contribution in [-0.2, 0) is 0 Å². The van der Waals surface area contributed by atoms with Crippen LogP contribution in [0.2, 0.25) is 0 Å². The summed E-state index contributed by atoms with van der Waals surface area (Å²) < 4.78 is 0. The van der Waals surface area contributed by atoms with Crippen molar-refractivity contribution >= 4 is 11.8 Å². The van der Waals surface area contributed by atoms with Gasteiger partial charge >= 0.3 is 6.09 Å². The molecule has 0 aromatic heterocycles. The zero-order valence-corrected chi connectivity index (χ0v) is 8.05. The van der Waals surface area contributed by atoms with E-state index in [0.29, 0.717) is 11.3 Å². The first kappa shape index (κ1) is 11.5. The largest absolute Gasteiger partial charge is 0.465 e. The van der Waals surface area contributed by atoms with Gasteiger partial charge < -0.3 is 15.3 Å². The van der Waals surface area contributed by atoms with Gasteiger partial charge in [0, 0.05) is 18.7 Å². The summed E-state index contributed by atoms with van der Waals surface area (Å²) in [4.78, 5) is 10.3. The molecule has 1 amide bonds. The zero-order chi connectivity index (χ0) is 11.3. The maximum Gasteiger partial charge on any atom is 0.409 e. The predicted molar refractivity (Wildman–Crippen MR) is 54.8 cm³/mol. The quantitative estimate of drug-likeness (QED) is 0.602. The zero-order valence-electron chi connectivity index (χ0n) is 8.05. The summed E-state index contributed by atoms with van der Waals surface area (Å²) >= 11 is 0. The Balaban J connectivity index is 2.67. The van der Waals surface area contributed by atoms with Crippen LogP contribution in [0.3, 0.4) is 0 Å². The van der Waals surface area contributed by atoms with Gasteiger partial charge in [-0.25, -0.2) is 4.79 Å². The Morgan fingerprint density at radius 3 is 2.40 bits per heavy atom. The first-order chi connectivity index (χ1) is 7.13. The second kappa shape index (κ2) is 5.33. The van der Waals surface area contributed by atoms with Gasteiger partial charge in [-0.2, -0.15) is 0 Å². The highest BCUT2D eigenvalue weighted by Crippen LogP contribution is 2.18. The number of anilines is 1. The third-order valence-corrected chi connectivity index (χ3v) is 1.95. The van der Waals surface area contributed by atoms with Gasteiger partial charge in [0.15, 0.2) is 0 Å². The smallest absolute Gasteiger partial charge is 0.409 e. The molecule has 0 aliphatic heterocycles. The van der Waals surface area contributed by atoms with Gasteiger partial charge in [0.2, 0.25) is 0 Å². The van der Waals surface area contributed by atoms with Crippen molar-refractivity contribution < 1.29 is 20.1 Å². The fraction of sp³-hybridized carbons (Fsp3) is 0.300. The third kappa shape index (κ3) is 3.57. The Labute approximate surface area is 87.0 Å². The summed E-state index contributed by atoms with van der Waals surface area (Å²) in [5, 5.41) is 28.7. The average Bonchev–Trinajstić information content (AvgIpc) is 2.18. The van der Waals surface area contributed by atoms with E-state index in [2.05, 4.69) is 5.32 Å². The van der Waals surface area contributed by atoms with Crippen molar-refractivity contribution in [3.8, 4) is 0 Å². The number of carbonyl (C=O) groups is 1. The highest BCUT2D eigenvalue weighted by Gasteiger charge is 2.06. The van der Waals surface area contributed by atoms with E-state index in [4.69, 9.17) is 10.2 Å². The van der Waals surface area contributed by atoms with Gasteiger partial charge in [-0.15, -0.1) is 0 Å². The molecule has 0 bridgehead atoms. The molecule has 1 unspecified atom stereocenters. The molecule has 0 saturated heterocycles. The highest BCUT2D eigenvalue weighted by molar-refractivity contribution is 5.82. The second-order valence-electron chi connectivity index (χ2n) is 3.08. The number of hydrogen-bond donors (Lipinski definition) is 4.